The van der Waals surface area contributed by atoms with Gasteiger partial charge in [-0.2, -0.15) is 5.26 Å². The summed E-state index contributed by atoms with van der Waals surface area (Å²) in [5.41, 5.74) is 2.72. The van der Waals surface area contributed by atoms with Gasteiger partial charge in [0.1, 0.15) is 0 Å². The SMILES string of the molecule is N#CC1=C2SCN(c3ccc(Cl)cc3)CN2C(=O)C[C@H]1c1ccccc1. The monoisotopic (exact) mass is 381 g/mol. The van der Waals surface area contributed by atoms with Crippen molar-refractivity contribution >= 4 is 35.0 Å². The maximum Gasteiger partial charge on any atom is 0.229 e. The molecule has 6 heteroatoms. The summed E-state index contributed by atoms with van der Waals surface area (Å²) in [4.78, 5) is 16.7. The summed E-state index contributed by atoms with van der Waals surface area (Å²) in [6, 6.07) is 19.8. The highest BCUT2D eigenvalue weighted by atomic mass is 35.5. The van der Waals surface area contributed by atoms with Gasteiger partial charge in [0, 0.05) is 23.0 Å². The second kappa shape index (κ2) is 7.06. The van der Waals surface area contributed by atoms with Crippen molar-refractivity contribution in [2.75, 3.05) is 17.4 Å². The van der Waals surface area contributed by atoms with E-state index in [4.69, 9.17) is 11.6 Å². The second-order valence-corrected chi connectivity index (χ2v) is 7.62. The molecule has 2 aliphatic rings. The minimum absolute atomic E-state index is 0.0546. The molecule has 0 N–H and O–H groups in total. The Morgan fingerprint density at radius 3 is 2.54 bits per heavy atom. The fraction of sp³-hybridized carbons (Fsp3) is 0.200. The summed E-state index contributed by atoms with van der Waals surface area (Å²) in [7, 11) is 0. The van der Waals surface area contributed by atoms with Crippen molar-refractivity contribution in [3.05, 3.63) is 75.8 Å². The van der Waals surface area contributed by atoms with Crippen LogP contribution in [0.3, 0.4) is 0 Å². The van der Waals surface area contributed by atoms with Crippen molar-refractivity contribution in [1.29, 1.82) is 5.26 Å². The van der Waals surface area contributed by atoms with Crippen LogP contribution in [0.1, 0.15) is 17.9 Å². The Kier molecular flexibility index (Phi) is 4.62. The molecular weight excluding hydrogens is 366 g/mol. The summed E-state index contributed by atoms with van der Waals surface area (Å²) >= 11 is 7.51. The first-order chi connectivity index (χ1) is 12.7. The first-order valence-electron chi connectivity index (χ1n) is 8.30. The highest BCUT2D eigenvalue weighted by Gasteiger charge is 2.38. The molecule has 0 radical (unpaired) electrons. The minimum Gasteiger partial charge on any atom is -0.344 e. The van der Waals surface area contributed by atoms with Crippen LogP contribution >= 0.6 is 23.4 Å². The molecule has 4 nitrogen and oxygen atoms in total. The number of anilines is 1. The van der Waals surface area contributed by atoms with Crippen LogP contribution < -0.4 is 4.90 Å². The topological polar surface area (TPSA) is 47.3 Å². The number of nitriles is 1. The lowest BCUT2D eigenvalue weighted by Crippen LogP contribution is -2.47. The van der Waals surface area contributed by atoms with E-state index in [1.807, 2.05) is 54.6 Å². The molecule has 0 aliphatic carbocycles. The van der Waals surface area contributed by atoms with Crippen molar-refractivity contribution in [3.8, 4) is 6.07 Å². The number of benzene rings is 2. The fourth-order valence-corrected chi connectivity index (χ4v) is 4.64. The van der Waals surface area contributed by atoms with Gasteiger partial charge in [-0.05, 0) is 29.8 Å². The van der Waals surface area contributed by atoms with Gasteiger partial charge >= 0.3 is 0 Å². The molecule has 26 heavy (non-hydrogen) atoms. The Morgan fingerprint density at radius 2 is 1.85 bits per heavy atom. The van der Waals surface area contributed by atoms with Crippen LogP contribution in [-0.2, 0) is 4.79 Å². The zero-order chi connectivity index (χ0) is 18.1. The van der Waals surface area contributed by atoms with Crippen LogP contribution in [0.25, 0.3) is 0 Å². The number of allylic oxidation sites excluding steroid dienone is 1. The van der Waals surface area contributed by atoms with E-state index in [0.29, 0.717) is 29.6 Å². The molecule has 1 fully saturated rings. The average molecular weight is 382 g/mol. The van der Waals surface area contributed by atoms with E-state index >= 15 is 0 Å². The quantitative estimate of drug-likeness (QED) is 0.765. The van der Waals surface area contributed by atoms with E-state index < -0.39 is 0 Å². The van der Waals surface area contributed by atoms with Crippen LogP contribution in [0.2, 0.25) is 5.02 Å². The summed E-state index contributed by atoms with van der Waals surface area (Å²) in [5.74, 6) is 0.585. The first kappa shape index (κ1) is 17.0. The van der Waals surface area contributed by atoms with E-state index in [1.165, 1.54) is 0 Å². The van der Waals surface area contributed by atoms with Gasteiger partial charge in [0.2, 0.25) is 5.91 Å². The normalized spacial score (nSPS) is 20.0. The molecule has 130 valence electrons. The van der Waals surface area contributed by atoms with E-state index in [9.17, 15) is 10.1 Å². The standard InChI is InChI=1S/C20H16ClN3OS/c21-15-6-8-16(9-7-15)23-12-24-19(25)10-17(14-4-2-1-3-5-14)18(11-22)20(24)26-13-23/h1-9,17H,10,12-13H2/t17-/m0/s1. The van der Waals surface area contributed by atoms with Gasteiger partial charge in [0.15, 0.2) is 0 Å². The Hall–Kier alpha value is -2.42. The molecule has 0 aromatic heterocycles. The number of rotatable bonds is 2. The molecule has 0 unspecified atom stereocenters. The lowest BCUT2D eigenvalue weighted by molar-refractivity contribution is -0.129. The van der Waals surface area contributed by atoms with Gasteiger partial charge in [-0.3, -0.25) is 9.69 Å². The third-order valence-corrected chi connectivity index (χ3v) is 6.09. The van der Waals surface area contributed by atoms with Crippen LogP contribution in [0.15, 0.2) is 65.2 Å². The average Bonchev–Trinajstić information content (AvgIpc) is 2.69. The van der Waals surface area contributed by atoms with Gasteiger partial charge in [0.05, 0.1) is 29.2 Å². The van der Waals surface area contributed by atoms with Gasteiger partial charge < -0.3 is 4.90 Å². The third-order valence-electron chi connectivity index (χ3n) is 4.69. The predicted molar refractivity (Wildman–Crippen MR) is 105 cm³/mol. The number of fused-ring (bicyclic) bond motifs is 1. The number of hydrogen-bond acceptors (Lipinski definition) is 4. The molecule has 0 saturated carbocycles. The van der Waals surface area contributed by atoms with Gasteiger partial charge in [-0.1, -0.05) is 53.7 Å². The van der Waals surface area contributed by atoms with Gasteiger partial charge in [-0.15, -0.1) is 0 Å². The molecule has 1 amide bonds. The highest BCUT2D eigenvalue weighted by molar-refractivity contribution is 8.03. The molecule has 1 saturated heterocycles. The van der Waals surface area contributed by atoms with Crippen LogP contribution in [-0.4, -0.2) is 23.4 Å². The smallest absolute Gasteiger partial charge is 0.229 e. The van der Waals surface area contributed by atoms with Crippen molar-refractivity contribution in [1.82, 2.24) is 4.90 Å². The molecule has 2 aromatic rings. The number of carbonyl (C=O) groups is 1. The highest BCUT2D eigenvalue weighted by Crippen LogP contribution is 2.43. The lowest BCUT2D eigenvalue weighted by atomic mass is 9.86. The number of carbonyl (C=O) groups excluding carboxylic acids is 1. The van der Waals surface area contributed by atoms with E-state index in [0.717, 1.165) is 16.3 Å². The predicted octanol–water partition coefficient (Wildman–Crippen LogP) is 4.56. The Morgan fingerprint density at radius 1 is 1.12 bits per heavy atom. The van der Waals surface area contributed by atoms with Crippen molar-refractivity contribution in [3.63, 3.8) is 0 Å². The molecule has 0 spiro atoms. The third kappa shape index (κ3) is 3.07. The van der Waals surface area contributed by atoms with E-state index in [1.54, 1.807) is 16.7 Å². The van der Waals surface area contributed by atoms with Crippen molar-refractivity contribution in [2.45, 2.75) is 12.3 Å². The summed E-state index contributed by atoms with van der Waals surface area (Å²) in [6.07, 6.45) is 0.325. The molecular formula is C20H16ClN3OS. The Bertz CT molecular complexity index is 905. The molecule has 2 aromatic carbocycles. The zero-order valence-corrected chi connectivity index (χ0v) is 15.5. The maximum atomic E-state index is 12.8. The Balaban J connectivity index is 1.66. The second-order valence-electron chi connectivity index (χ2n) is 6.25. The van der Waals surface area contributed by atoms with Crippen LogP contribution in [0.5, 0.6) is 0 Å². The number of thioether (sulfide) groups is 1. The molecule has 2 heterocycles. The van der Waals surface area contributed by atoms with E-state index in [-0.39, 0.29) is 11.8 Å². The summed E-state index contributed by atoms with van der Waals surface area (Å²) < 4.78 is 0. The number of halogens is 1. The fourth-order valence-electron chi connectivity index (χ4n) is 3.35. The largest absolute Gasteiger partial charge is 0.344 e. The molecule has 2 aliphatic heterocycles. The maximum absolute atomic E-state index is 12.8. The minimum atomic E-state index is -0.158. The van der Waals surface area contributed by atoms with Crippen molar-refractivity contribution in [2.24, 2.45) is 0 Å². The Labute approximate surface area is 161 Å². The number of amides is 1. The zero-order valence-electron chi connectivity index (χ0n) is 13.9. The van der Waals surface area contributed by atoms with Crippen molar-refractivity contribution < 1.29 is 4.79 Å². The lowest BCUT2D eigenvalue weighted by Gasteiger charge is -2.42. The van der Waals surface area contributed by atoms with Gasteiger partial charge in [0.25, 0.3) is 0 Å². The van der Waals surface area contributed by atoms with Crippen LogP contribution in [0.4, 0.5) is 5.69 Å². The molecule has 4 rings (SSSR count). The van der Waals surface area contributed by atoms with Crippen LogP contribution in [0, 0.1) is 11.3 Å². The number of nitrogens with zero attached hydrogens (tertiary/aromatic N) is 3. The summed E-state index contributed by atoms with van der Waals surface area (Å²) in [5, 5.41) is 11.3. The van der Waals surface area contributed by atoms with Gasteiger partial charge in [-0.25, -0.2) is 0 Å². The first-order valence-corrected chi connectivity index (χ1v) is 9.66. The molecule has 1 atom stereocenters. The molecule has 0 bridgehead atoms. The number of hydrogen-bond donors (Lipinski definition) is 0. The summed E-state index contributed by atoms with van der Waals surface area (Å²) in [6.45, 7) is 0.454. The van der Waals surface area contributed by atoms with E-state index in [2.05, 4.69) is 11.0 Å².